The number of likely N-dealkylation sites (tertiary alicyclic amines) is 1. The summed E-state index contributed by atoms with van der Waals surface area (Å²) < 4.78 is 11.0. The molecule has 0 aromatic heterocycles. The highest BCUT2D eigenvalue weighted by molar-refractivity contribution is 4.89. The van der Waals surface area contributed by atoms with Gasteiger partial charge in [0.05, 0.1) is 25.4 Å². The lowest BCUT2D eigenvalue weighted by atomic mass is 10.1. The minimum absolute atomic E-state index is 0.247. The van der Waals surface area contributed by atoms with Crippen molar-refractivity contribution in [2.75, 3.05) is 46.0 Å². The molecule has 2 N–H and O–H groups in total. The number of hydrogen-bond acceptors (Lipinski definition) is 5. The predicted octanol–water partition coefficient (Wildman–Crippen LogP) is 0.617. The van der Waals surface area contributed by atoms with Crippen LogP contribution in [0.1, 0.15) is 32.1 Å². The third kappa shape index (κ3) is 5.18. The minimum atomic E-state index is -0.410. The molecule has 0 aromatic carbocycles. The largest absolute Gasteiger partial charge is 0.389 e. The summed E-state index contributed by atoms with van der Waals surface area (Å²) in [7, 11) is 0. The number of nitrogens with zero attached hydrogens (tertiary/aromatic N) is 1. The molecule has 3 atom stereocenters. The van der Waals surface area contributed by atoms with Crippen molar-refractivity contribution in [1.82, 2.24) is 10.2 Å². The van der Waals surface area contributed by atoms with E-state index in [2.05, 4.69) is 10.2 Å². The van der Waals surface area contributed by atoms with Gasteiger partial charge in [-0.3, -0.25) is 0 Å². The van der Waals surface area contributed by atoms with Crippen LogP contribution in [0.4, 0.5) is 0 Å². The van der Waals surface area contributed by atoms with Gasteiger partial charge in [-0.25, -0.2) is 0 Å². The maximum atomic E-state index is 9.91. The van der Waals surface area contributed by atoms with Crippen LogP contribution in [-0.2, 0) is 9.47 Å². The first-order valence-electron chi connectivity index (χ1n) is 8.63. The van der Waals surface area contributed by atoms with Gasteiger partial charge in [-0.1, -0.05) is 0 Å². The molecule has 3 rings (SSSR count). The van der Waals surface area contributed by atoms with E-state index in [4.69, 9.17) is 9.47 Å². The third-order valence-electron chi connectivity index (χ3n) is 4.83. The topological polar surface area (TPSA) is 54.0 Å². The Morgan fingerprint density at radius 3 is 2.95 bits per heavy atom. The van der Waals surface area contributed by atoms with Crippen molar-refractivity contribution >= 4 is 0 Å². The van der Waals surface area contributed by atoms with Crippen LogP contribution in [0.2, 0.25) is 0 Å². The number of ether oxygens (including phenoxy) is 2. The molecule has 3 aliphatic rings. The zero-order chi connectivity index (χ0) is 14.5. The van der Waals surface area contributed by atoms with E-state index in [1.54, 1.807) is 0 Å². The van der Waals surface area contributed by atoms with Crippen LogP contribution in [0.3, 0.4) is 0 Å². The standard InChI is InChI=1S/C16H30N2O3/c19-15(11-20-12-16-2-1-7-21-16)9-17-8-13-5-6-18(10-13)14-3-4-14/h13-17,19H,1-12H2. The van der Waals surface area contributed by atoms with Crippen molar-refractivity contribution in [3.63, 3.8) is 0 Å². The van der Waals surface area contributed by atoms with Crippen LogP contribution < -0.4 is 5.32 Å². The first kappa shape index (κ1) is 15.7. The minimum Gasteiger partial charge on any atom is -0.389 e. The Morgan fingerprint density at radius 2 is 2.19 bits per heavy atom. The Bertz CT molecular complexity index is 306. The monoisotopic (exact) mass is 298 g/mol. The average molecular weight is 298 g/mol. The fraction of sp³-hybridized carbons (Fsp3) is 1.00. The van der Waals surface area contributed by atoms with E-state index in [9.17, 15) is 5.11 Å². The fourth-order valence-electron chi connectivity index (χ4n) is 3.42. The highest BCUT2D eigenvalue weighted by atomic mass is 16.5. The van der Waals surface area contributed by atoms with Crippen molar-refractivity contribution in [2.45, 2.75) is 50.4 Å². The number of rotatable bonds is 9. The Labute approximate surface area is 128 Å². The van der Waals surface area contributed by atoms with E-state index in [1.807, 2.05) is 0 Å². The lowest BCUT2D eigenvalue weighted by Gasteiger charge is -2.17. The Morgan fingerprint density at radius 1 is 1.29 bits per heavy atom. The summed E-state index contributed by atoms with van der Waals surface area (Å²) in [6.07, 6.45) is 6.17. The van der Waals surface area contributed by atoms with E-state index in [0.29, 0.717) is 19.8 Å². The maximum absolute atomic E-state index is 9.91. The van der Waals surface area contributed by atoms with Crippen LogP contribution in [0.25, 0.3) is 0 Å². The van der Waals surface area contributed by atoms with Gasteiger partial charge in [0.15, 0.2) is 0 Å². The normalized spacial score (nSPS) is 31.9. The Balaban J connectivity index is 1.18. The molecular weight excluding hydrogens is 268 g/mol. The molecule has 3 unspecified atom stereocenters. The molecule has 5 heteroatoms. The molecule has 0 spiro atoms. The van der Waals surface area contributed by atoms with Gasteiger partial charge >= 0.3 is 0 Å². The van der Waals surface area contributed by atoms with E-state index in [1.165, 1.54) is 32.4 Å². The van der Waals surface area contributed by atoms with Gasteiger partial charge in [-0.15, -0.1) is 0 Å². The van der Waals surface area contributed by atoms with Crippen molar-refractivity contribution in [1.29, 1.82) is 0 Å². The van der Waals surface area contributed by atoms with E-state index < -0.39 is 6.10 Å². The Hall–Kier alpha value is -0.200. The summed E-state index contributed by atoms with van der Waals surface area (Å²) in [5, 5.41) is 13.3. The molecule has 0 bridgehead atoms. The highest BCUT2D eigenvalue weighted by Crippen LogP contribution is 2.31. The van der Waals surface area contributed by atoms with Crippen LogP contribution >= 0.6 is 0 Å². The molecule has 21 heavy (non-hydrogen) atoms. The second-order valence-electron chi connectivity index (χ2n) is 6.87. The summed E-state index contributed by atoms with van der Waals surface area (Å²) in [6, 6.07) is 0.895. The number of aliphatic hydroxyl groups is 1. The molecule has 1 aliphatic carbocycles. The number of nitrogens with one attached hydrogen (secondary N) is 1. The number of hydrogen-bond donors (Lipinski definition) is 2. The van der Waals surface area contributed by atoms with Gasteiger partial charge in [0.1, 0.15) is 0 Å². The molecule has 0 aromatic rings. The summed E-state index contributed by atoms with van der Waals surface area (Å²) >= 11 is 0. The molecule has 122 valence electrons. The van der Waals surface area contributed by atoms with Crippen LogP contribution in [0.15, 0.2) is 0 Å². The molecule has 5 nitrogen and oxygen atoms in total. The van der Waals surface area contributed by atoms with Gasteiger partial charge < -0.3 is 24.8 Å². The molecular formula is C16H30N2O3. The molecule has 2 saturated heterocycles. The van der Waals surface area contributed by atoms with Crippen molar-refractivity contribution in [2.24, 2.45) is 5.92 Å². The van der Waals surface area contributed by atoms with E-state index >= 15 is 0 Å². The highest BCUT2D eigenvalue weighted by Gasteiger charge is 2.34. The first-order valence-corrected chi connectivity index (χ1v) is 8.63. The van der Waals surface area contributed by atoms with Gasteiger partial charge in [0.25, 0.3) is 0 Å². The van der Waals surface area contributed by atoms with E-state index in [0.717, 1.165) is 38.0 Å². The molecule has 2 aliphatic heterocycles. The molecule has 3 fully saturated rings. The van der Waals surface area contributed by atoms with E-state index in [-0.39, 0.29) is 6.10 Å². The SMILES string of the molecule is OC(CNCC1CCN(C2CC2)C1)COCC1CCCO1. The fourth-order valence-corrected chi connectivity index (χ4v) is 3.42. The van der Waals surface area contributed by atoms with Crippen molar-refractivity contribution in [3.05, 3.63) is 0 Å². The van der Waals surface area contributed by atoms with Gasteiger partial charge in [-0.05, 0) is 51.1 Å². The Kier molecular flexibility index (Phi) is 5.89. The first-order chi connectivity index (χ1) is 10.3. The lowest BCUT2D eigenvalue weighted by Crippen LogP contribution is -2.35. The summed E-state index contributed by atoms with van der Waals surface area (Å²) in [4.78, 5) is 2.63. The summed E-state index contributed by atoms with van der Waals surface area (Å²) in [5.74, 6) is 0.755. The molecule has 0 radical (unpaired) electrons. The van der Waals surface area contributed by atoms with Crippen molar-refractivity contribution in [3.8, 4) is 0 Å². The zero-order valence-corrected chi connectivity index (χ0v) is 13.0. The number of aliphatic hydroxyl groups excluding tert-OH is 1. The van der Waals surface area contributed by atoms with Crippen LogP contribution in [0, 0.1) is 5.92 Å². The molecule has 0 amide bonds. The van der Waals surface area contributed by atoms with Gasteiger partial charge in [0, 0.05) is 25.7 Å². The van der Waals surface area contributed by atoms with Crippen LogP contribution in [-0.4, -0.2) is 74.3 Å². The van der Waals surface area contributed by atoms with Crippen molar-refractivity contribution < 1.29 is 14.6 Å². The zero-order valence-electron chi connectivity index (χ0n) is 13.0. The summed E-state index contributed by atoms with van der Waals surface area (Å²) in [6.45, 7) is 6.05. The average Bonchev–Trinajstić information content (AvgIpc) is 3.00. The summed E-state index contributed by atoms with van der Waals surface area (Å²) in [5.41, 5.74) is 0. The quantitative estimate of drug-likeness (QED) is 0.653. The third-order valence-corrected chi connectivity index (χ3v) is 4.83. The predicted molar refractivity (Wildman–Crippen MR) is 81.4 cm³/mol. The molecule has 2 heterocycles. The van der Waals surface area contributed by atoms with Gasteiger partial charge in [-0.2, -0.15) is 0 Å². The molecule has 1 saturated carbocycles. The van der Waals surface area contributed by atoms with Crippen LogP contribution in [0.5, 0.6) is 0 Å². The second-order valence-corrected chi connectivity index (χ2v) is 6.87. The second kappa shape index (κ2) is 7.88. The smallest absolute Gasteiger partial charge is 0.0897 e. The lowest BCUT2D eigenvalue weighted by molar-refractivity contribution is -0.0165. The van der Waals surface area contributed by atoms with Gasteiger partial charge in [0.2, 0.25) is 0 Å². The maximum Gasteiger partial charge on any atom is 0.0897 e.